The predicted molar refractivity (Wildman–Crippen MR) is 57.9 cm³/mol. The monoisotopic (exact) mass is 283 g/mol. The van der Waals surface area contributed by atoms with E-state index in [1.165, 1.54) is 4.90 Å². The van der Waals surface area contributed by atoms with Crippen molar-refractivity contribution in [3.63, 3.8) is 0 Å². The summed E-state index contributed by atoms with van der Waals surface area (Å²) in [5, 5.41) is 8.69. The third kappa shape index (κ3) is 5.40. The van der Waals surface area contributed by atoms with Gasteiger partial charge in [0.1, 0.15) is 0 Å². The number of nitrogens with zero attached hydrogens (tertiary/aromatic N) is 1. The summed E-state index contributed by atoms with van der Waals surface area (Å²) in [6.07, 6.45) is 1.62. The molecule has 0 saturated carbocycles. The zero-order chi connectivity index (χ0) is 9.56. The molecule has 1 N–H and O–H groups in total. The van der Waals surface area contributed by atoms with Gasteiger partial charge in [-0.15, -0.1) is 6.58 Å². The highest BCUT2D eigenvalue weighted by molar-refractivity contribution is 14.1. The first kappa shape index (κ1) is 11.7. The lowest BCUT2D eigenvalue weighted by Gasteiger charge is -2.17. The number of carboxylic acid groups (broad SMARTS) is 1. The van der Waals surface area contributed by atoms with E-state index in [2.05, 4.69) is 36.1 Å². The van der Waals surface area contributed by atoms with Crippen LogP contribution in [0.4, 0.5) is 4.79 Å². The van der Waals surface area contributed by atoms with Crippen LogP contribution in [0.5, 0.6) is 0 Å². The first-order valence-corrected chi connectivity index (χ1v) is 5.05. The summed E-state index contributed by atoms with van der Waals surface area (Å²) in [5.41, 5.74) is 0. The minimum Gasteiger partial charge on any atom is -0.465 e. The van der Waals surface area contributed by atoms with Gasteiger partial charge in [-0.05, 0) is 6.42 Å². The molecule has 0 aliphatic rings. The molecule has 0 fully saturated rings. The Labute approximate surface area is 86.6 Å². The van der Waals surface area contributed by atoms with Crippen LogP contribution in [0.3, 0.4) is 0 Å². The van der Waals surface area contributed by atoms with Crippen LogP contribution < -0.4 is 0 Å². The number of hydrogen-bond acceptors (Lipinski definition) is 1. The van der Waals surface area contributed by atoms with Crippen LogP contribution >= 0.6 is 22.6 Å². The summed E-state index contributed by atoms with van der Waals surface area (Å²) in [6.45, 7) is 6.57. The van der Waals surface area contributed by atoms with Crippen molar-refractivity contribution in [1.29, 1.82) is 0 Å². The standard InChI is InChI=1S/C8H14INO2/c1-3-5-10(8(11)12)6-4-7(2)9/h3,7H,1,4-6H2,2H3,(H,11,12). The second kappa shape index (κ2) is 6.28. The smallest absolute Gasteiger partial charge is 0.407 e. The molecular formula is C8H14INO2. The zero-order valence-corrected chi connectivity index (χ0v) is 9.32. The molecule has 0 heterocycles. The molecule has 0 aromatic carbocycles. The molecular weight excluding hydrogens is 269 g/mol. The minimum absolute atomic E-state index is 0.415. The Kier molecular flexibility index (Phi) is 6.14. The van der Waals surface area contributed by atoms with Crippen molar-refractivity contribution in [2.45, 2.75) is 17.3 Å². The minimum atomic E-state index is -0.869. The van der Waals surface area contributed by atoms with Crippen molar-refractivity contribution in [1.82, 2.24) is 4.90 Å². The molecule has 3 nitrogen and oxygen atoms in total. The first-order chi connectivity index (χ1) is 5.57. The van der Waals surface area contributed by atoms with Gasteiger partial charge < -0.3 is 10.0 Å². The Bertz CT molecular complexity index is 159. The summed E-state index contributed by atoms with van der Waals surface area (Å²) in [7, 11) is 0. The Balaban J connectivity index is 3.78. The number of carbonyl (C=O) groups is 1. The topological polar surface area (TPSA) is 40.5 Å². The zero-order valence-electron chi connectivity index (χ0n) is 7.16. The van der Waals surface area contributed by atoms with Crippen molar-refractivity contribution < 1.29 is 9.90 Å². The molecule has 1 unspecified atom stereocenters. The van der Waals surface area contributed by atoms with Gasteiger partial charge in [0, 0.05) is 17.0 Å². The molecule has 0 radical (unpaired) electrons. The van der Waals surface area contributed by atoms with Crippen LogP contribution in [0.1, 0.15) is 13.3 Å². The van der Waals surface area contributed by atoms with Crippen molar-refractivity contribution in [2.24, 2.45) is 0 Å². The van der Waals surface area contributed by atoms with E-state index >= 15 is 0 Å². The summed E-state index contributed by atoms with van der Waals surface area (Å²) in [5.74, 6) is 0. The number of hydrogen-bond donors (Lipinski definition) is 1. The quantitative estimate of drug-likeness (QED) is 0.478. The highest BCUT2D eigenvalue weighted by Crippen LogP contribution is 2.05. The molecule has 0 rings (SSSR count). The molecule has 12 heavy (non-hydrogen) atoms. The number of amides is 1. The van der Waals surface area contributed by atoms with E-state index in [-0.39, 0.29) is 0 Å². The maximum atomic E-state index is 10.6. The highest BCUT2D eigenvalue weighted by atomic mass is 127. The number of rotatable bonds is 5. The van der Waals surface area contributed by atoms with Gasteiger partial charge in [-0.25, -0.2) is 4.79 Å². The fraction of sp³-hybridized carbons (Fsp3) is 0.625. The molecule has 1 amide bonds. The normalized spacial score (nSPS) is 12.2. The van der Waals surface area contributed by atoms with Crippen LogP contribution in [0.25, 0.3) is 0 Å². The van der Waals surface area contributed by atoms with Gasteiger partial charge in [-0.3, -0.25) is 0 Å². The van der Waals surface area contributed by atoms with Gasteiger partial charge in [0.25, 0.3) is 0 Å². The van der Waals surface area contributed by atoms with Gasteiger partial charge in [0.2, 0.25) is 0 Å². The average molecular weight is 283 g/mol. The second-order valence-corrected chi connectivity index (χ2v) is 4.71. The van der Waals surface area contributed by atoms with E-state index in [1.807, 2.05) is 0 Å². The average Bonchev–Trinajstić information content (AvgIpc) is 1.96. The van der Waals surface area contributed by atoms with Crippen molar-refractivity contribution >= 4 is 28.7 Å². The van der Waals surface area contributed by atoms with E-state index in [0.717, 1.165) is 6.42 Å². The fourth-order valence-electron chi connectivity index (χ4n) is 0.755. The third-order valence-corrected chi connectivity index (χ3v) is 2.04. The van der Waals surface area contributed by atoms with Crippen LogP contribution in [0.2, 0.25) is 0 Å². The summed E-state index contributed by atoms with van der Waals surface area (Å²) in [4.78, 5) is 11.9. The van der Waals surface area contributed by atoms with Crippen molar-refractivity contribution in [2.75, 3.05) is 13.1 Å². The molecule has 0 aliphatic heterocycles. The van der Waals surface area contributed by atoms with Crippen LogP contribution in [-0.2, 0) is 0 Å². The molecule has 70 valence electrons. The van der Waals surface area contributed by atoms with Gasteiger partial charge in [-0.1, -0.05) is 35.6 Å². The van der Waals surface area contributed by atoms with Crippen LogP contribution in [0, 0.1) is 0 Å². The number of halogens is 1. The molecule has 0 aromatic heterocycles. The van der Waals surface area contributed by atoms with Crippen LogP contribution in [-0.4, -0.2) is 33.1 Å². The molecule has 1 atom stereocenters. The Morgan fingerprint density at radius 1 is 1.83 bits per heavy atom. The molecule has 0 aromatic rings. The molecule has 0 aliphatic carbocycles. The lowest BCUT2D eigenvalue weighted by Crippen LogP contribution is -2.31. The Morgan fingerprint density at radius 3 is 2.75 bits per heavy atom. The lowest BCUT2D eigenvalue weighted by atomic mass is 10.3. The van der Waals surface area contributed by atoms with E-state index in [9.17, 15) is 4.79 Å². The van der Waals surface area contributed by atoms with E-state index in [1.54, 1.807) is 6.08 Å². The fourth-order valence-corrected chi connectivity index (χ4v) is 1.03. The largest absolute Gasteiger partial charge is 0.465 e. The van der Waals surface area contributed by atoms with Gasteiger partial charge >= 0.3 is 6.09 Å². The van der Waals surface area contributed by atoms with Gasteiger partial charge in [0.05, 0.1) is 0 Å². The summed E-state index contributed by atoms with van der Waals surface area (Å²) in [6, 6.07) is 0. The van der Waals surface area contributed by atoms with Crippen molar-refractivity contribution in [3.05, 3.63) is 12.7 Å². The van der Waals surface area contributed by atoms with E-state index < -0.39 is 6.09 Å². The van der Waals surface area contributed by atoms with Gasteiger partial charge in [0.15, 0.2) is 0 Å². The Hall–Kier alpha value is -0.260. The SMILES string of the molecule is C=CCN(CCC(C)I)C(=O)O. The molecule has 0 spiro atoms. The summed E-state index contributed by atoms with van der Waals surface area (Å²) >= 11 is 2.28. The van der Waals surface area contributed by atoms with Gasteiger partial charge in [-0.2, -0.15) is 0 Å². The first-order valence-electron chi connectivity index (χ1n) is 3.80. The molecule has 0 saturated heterocycles. The summed E-state index contributed by atoms with van der Waals surface area (Å²) < 4.78 is 0.509. The lowest BCUT2D eigenvalue weighted by molar-refractivity contribution is 0.150. The Morgan fingerprint density at radius 2 is 2.42 bits per heavy atom. The van der Waals surface area contributed by atoms with E-state index in [4.69, 9.17) is 5.11 Å². The third-order valence-electron chi connectivity index (χ3n) is 1.42. The maximum Gasteiger partial charge on any atom is 0.407 e. The van der Waals surface area contributed by atoms with E-state index in [0.29, 0.717) is 17.0 Å². The molecule has 4 heteroatoms. The second-order valence-electron chi connectivity index (χ2n) is 2.59. The predicted octanol–water partition coefficient (Wildman–Crippen LogP) is 2.37. The van der Waals surface area contributed by atoms with Crippen LogP contribution in [0.15, 0.2) is 12.7 Å². The highest BCUT2D eigenvalue weighted by Gasteiger charge is 2.09. The maximum absolute atomic E-state index is 10.6. The van der Waals surface area contributed by atoms with Crippen molar-refractivity contribution in [3.8, 4) is 0 Å². The molecule has 0 bridgehead atoms. The number of alkyl halides is 1.